The minimum absolute atomic E-state index is 0.189. The van der Waals surface area contributed by atoms with Crippen molar-refractivity contribution in [1.29, 1.82) is 0 Å². The topological polar surface area (TPSA) is 75.7 Å². The van der Waals surface area contributed by atoms with E-state index in [0.717, 1.165) is 16.7 Å². The number of thiophene rings is 1. The lowest BCUT2D eigenvalue weighted by Gasteiger charge is -2.38. The second-order valence-electron chi connectivity index (χ2n) is 10.4. The van der Waals surface area contributed by atoms with Gasteiger partial charge in [-0.05, 0) is 52.4 Å². The third-order valence-corrected chi connectivity index (χ3v) is 9.28. The van der Waals surface area contributed by atoms with Gasteiger partial charge in [0.15, 0.2) is 11.6 Å². The van der Waals surface area contributed by atoms with Crippen LogP contribution < -0.4 is 10.1 Å². The number of hydrogen-bond donors (Lipinski definition) is 1. The number of ketones is 2. The van der Waals surface area contributed by atoms with Crippen LogP contribution in [0.3, 0.4) is 0 Å². The fourth-order valence-corrected chi connectivity index (χ4v) is 7.54. The van der Waals surface area contributed by atoms with E-state index in [0.29, 0.717) is 21.9 Å². The van der Waals surface area contributed by atoms with E-state index in [1.807, 2.05) is 77.2 Å². The monoisotopic (exact) mass is 558 g/mol. The molecule has 1 amide bonds. The quantitative estimate of drug-likeness (QED) is 0.213. The Bertz CT molecular complexity index is 1740. The number of carbonyl (C=O) groups excluding carboxylic acids is 3. The Morgan fingerprint density at radius 3 is 2.59 bits per heavy atom. The first kappa shape index (κ1) is 25.2. The molecule has 0 saturated carbocycles. The summed E-state index contributed by atoms with van der Waals surface area (Å²) in [6, 6.07) is 24.5. The summed E-state index contributed by atoms with van der Waals surface area (Å²) in [6.07, 6.45) is 5.46. The molecule has 4 aromatic rings. The van der Waals surface area contributed by atoms with Crippen molar-refractivity contribution in [3.63, 3.8) is 0 Å². The molecular formula is C34H26N2O4S. The number of carbonyl (C=O) groups is 3. The molecule has 3 aromatic carbocycles. The second-order valence-corrected chi connectivity index (χ2v) is 11.3. The molecule has 1 N–H and O–H groups in total. The predicted octanol–water partition coefficient (Wildman–Crippen LogP) is 6.29. The van der Waals surface area contributed by atoms with Crippen molar-refractivity contribution in [2.45, 2.75) is 17.5 Å². The average molecular weight is 559 g/mol. The molecule has 3 aliphatic rings. The van der Waals surface area contributed by atoms with Crippen LogP contribution in [0, 0.1) is 5.92 Å². The fraction of sp³-hybridized carbons (Fsp3) is 0.147. The number of ether oxygens (including phenoxy) is 1. The standard InChI is InChI=1S/C34H26N2O4S/c1-2-19-40-26-15-8-5-12-23(26)30(37)28-29(31(38)27-16-9-20-41-27)36-18-17-21-10-3-4-11-22(21)32(36)34(28)24-13-6-7-14-25(24)35-33(34)39/h2-18,20,28-29,32H,1,19H2,(H,35,39)/t28-,29+,32+,34-/m0/s1. The van der Waals surface area contributed by atoms with Gasteiger partial charge in [0, 0.05) is 11.9 Å². The van der Waals surface area contributed by atoms with E-state index in [9.17, 15) is 9.59 Å². The number of Topliss-reactive ketones (excluding diaryl/α,β-unsaturated/α-hetero) is 2. The molecule has 202 valence electrons. The van der Waals surface area contributed by atoms with E-state index < -0.39 is 23.4 Å². The first-order valence-corrected chi connectivity index (χ1v) is 14.4. The number of rotatable bonds is 7. The highest BCUT2D eigenvalue weighted by Crippen LogP contribution is 2.62. The molecule has 0 aliphatic carbocycles. The molecule has 3 aliphatic heterocycles. The highest BCUT2D eigenvalue weighted by molar-refractivity contribution is 7.12. The Morgan fingerprint density at radius 2 is 1.76 bits per heavy atom. The molecule has 1 fully saturated rings. The minimum atomic E-state index is -1.38. The van der Waals surface area contributed by atoms with Gasteiger partial charge in [-0.25, -0.2) is 0 Å². The number of benzene rings is 3. The van der Waals surface area contributed by atoms with Gasteiger partial charge in [-0.1, -0.05) is 73.3 Å². The van der Waals surface area contributed by atoms with Crippen LogP contribution in [-0.2, 0) is 10.2 Å². The Kier molecular flexibility index (Phi) is 5.98. The molecule has 6 nitrogen and oxygen atoms in total. The van der Waals surface area contributed by atoms with Crippen molar-refractivity contribution in [3.05, 3.63) is 136 Å². The van der Waals surface area contributed by atoms with Crippen molar-refractivity contribution < 1.29 is 19.1 Å². The maximum absolute atomic E-state index is 15.0. The molecule has 7 rings (SSSR count). The first-order chi connectivity index (χ1) is 20.1. The molecule has 0 bridgehead atoms. The van der Waals surface area contributed by atoms with E-state index in [1.54, 1.807) is 36.4 Å². The van der Waals surface area contributed by atoms with Crippen molar-refractivity contribution in [1.82, 2.24) is 4.90 Å². The minimum Gasteiger partial charge on any atom is -0.489 e. The number of nitrogens with zero attached hydrogens (tertiary/aromatic N) is 1. The van der Waals surface area contributed by atoms with Gasteiger partial charge in [0.1, 0.15) is 23.8 Å². The molecule has 4 atom stereocenters. The average Bonchev–Trinajstić information content (AvgIpc) is 3.72. The molecule has 1 saturated heterocycles. The maximum atomic E-state index is 15.0. The fourth-order valence-electron chi connectivity index (χ4n) is 6.84. The lowest BCUT2D eigenvalue weighted by Crippen LogP contribution is -2.49. The van der Waals surface area contributed by atoms with Crippen LogP contribution in [0.1, 0.15) is 42.8 Å². The molecule has 4 heterocycles. The summed E-state index contributed by atoms with van der Waals surface area (Å²) in [5.74, 6) is -1.45. The van der Waals surface area contributed by atoms with E-state index in [1.165, 1.54) is 11.3 Å². The Morgan fingerprint density at radius 1 is 0.976 bits per heavy atom. The van der Waals surface area contributed by atoms with Crippen LogP contribution in [0.4, 0.5) is 5.69 Å². The summed E-state index contributed by atoms with van der Waals surface area (Å²) >= 11 is 1.34. The van der Waals surface area contributed by atoms with Gasteiger partial charge in [-0.3, -0.25) is 14.4 Å². The lowest BCUT2D eigenvalue weighted by molar-refractivity contribution is -0.122. The van der Waals surface area contributed by atoms with Crippen LogP contribution in [0.5, 0.6) is 5.75 Å². The zero-order chi connectivity index (χ0) is 28.1. The molecule has 41 heavy (non-hydrogen) atoms. The van der Waals surface area contributed by atoms with Crippen molar-refractivity contribution in [2.75, 3.05) is 11.9 Å². The first-order valence-electron chi connectivity index (χ1n) is 13.5. The third kappa shape index (κ3) is 3.59. The normalized spacial score (nSPS) is 23.5. The van der Waals surface area contributed by atoms with Crippen LogP contribution in [0.15, 0.2) is 109 Å². The Labute approximate surface area is 241 Å². The second kappa shape index (κ2) is 9.71. The number of fused-ring (bicyclic) bond motifs is 6. The molecule has 1 aromatic heterocycles. The summed E-state index contributed by atoms with van der Waals surface area (Å²) in [6.45, 7) is 3.95. The number of anilines is 1. The smallest absolute Gasteiger partial charge is 0.238 e. The van der Waals surface area contributed by atoms with Crippen LogP contribution in [0.2, 0.25) is 0 Å². The summed E-state index contributed by atoms with van der Waals surface area (Å²) in [5.41, 5.74) is 2.18. The van der Waals surface area contributed by atoms with Crippen LogP contribution in [-0.4, -0.2) is 35.0 Å². The van der Waals surface area contributed by atoms with Crippen molar-refractivity contribution in [2.24, 2.45) is 5.92 Å². The van der Waals surface area contributed by atoms with Crippen LogP contribution >= 0.6 is 11.3 Å². The van der Waals surface area contributed by atoms with Crippen molar-refractivity contribution >= 4 is 40.6 Å². The largest absolute Gasteiger partial charge is 0.489 e. The summed E-state index contributed by atoms with van der Waals surface area (Å²) in [5, 5.41) is 4.93. The van der Waals surface area contributed by atoms with E-state index >= 15 is 4.79 Å². The van der Waals surface area contributed by atoms with Gasteiger partial charge in [-0.2, -0.15) is 0 Å². The Hall–Kier alpha value is -4.75. The zero-order valence-corrected chi connectivity index (χ0v) is 22.8. The molecule has 1 spiro atoms. The van der Waals surface area contributed by atoms with Gasteiger partial charge < -0.3 is 15.0 Å². The number of nitrogens with one attached hydrogen (secondary N) is 1. The van der Waals surface area contributed by atoms with Gasteiger partial charge in [-0.15, -0.1) is 11.3 Å². The van der Waals surface area contributed by atoms with E-state index in [-0.39, 0.29) is 24.1 Å². The van der Waals surface area contributed by atoms with E-state index in [4.69, 9.17) is 4.74 Å². The molecule has 0 unspecified atom stereocenters. The zero-order valence-electron chi connectivity index (χ0n) is 22.0. The Balaban J connectivity index is 1.53. The van der Waals surface area contributed by atoms with Crippen molar-refractivity contribution in [3.8, 4) is 5.75 Å². The highest BCUT2D eigenvalue weighted by atomic mass is 32.1. The summed E-state index contributed by atoms with van der Waals surface area (Å²) in [7, 11) is 0. The summed E-state index contributed by atoms with van der Waals surface area (Å²) in [4.78, 5) is 46.4. The van der Waals surface area contributed by atoms with Gasteiger partial charge >= 0.3 is 0 Å². The van der Waals surface area contributed by atoms with Gasteiger partial charge in [0.25, 0.3) is 0 Å². The molecule has 0 radical (unpaired) electrons. The lowest BCUT2D eigenvalue weighted by atomic mass is 9.62. The van der Waals surface area contributed by atoms with E-state index in [2.05, 4.69) is 11.9 Å². The highest BCUT2D eigenvalue weighted by Gasteiger charge is 2.71. The number of para-hydroxylation sites is 2. The van der Waals surface area contributed by atoms with Crippen LogP contribution in [0.25, 0.3) is 6.08 Å². The maximum Gasteiger partial charge on any atom is 0.238 e. The number of hydrogen-bond acceptors (Lipinski definition) is 6. The molecular weight excluding hydrogens is 532 g/mol. The number of amides is 1. The van der Waals surface area contributed by atoms with Gasteiger partial charge in [0.05, 0.1) is 22.4 Å². The summed E-state index contributed by atoms with van der Waals surface area (Å²) < 4.78 is 5.91. The van der Waals surface area contributed by atoms with Gasteiger partial charge in [0.2, 0.25) is 5.91 Å². The third-order valence-electron chi connectivity index (χ3n) is 8.39. The molecule has 7 heteroatoms. The SMILES string of the molecule is C=CCOc1ccccc1C(=O)[C@@H]1[C@H](C(=O)c2cccs2)N2C=Cc3ccccc3[C@@H]2[C@@]12C(=O)Nc1ccccc12. The predicted molar refractivity (Wildman–Crippen MR) is 159 cm³/mol.